The number of thiophene rings is 1. The summed E-state index contributed by atoms with van der Waals surface area (Å²) in [6.07, 6.45) is 4.22. The Labute approximate surface area is 169 Å². The van der Waals surface area contributed by atoms with Crippen molar-refractivity contribution in [2.24, 2.45) is 0 Å². The molecule has 0 aliphatic carbocycles. The number of nitrogens with one attached hydrogen (secondary N) is 1. The van der Waals surface area contributed by atoms with Gasteiger partial charge in [0.2, 0.25) is 0 Å². The van der Waals surface area contributed by atoms with Crippen LogP contribution >= 0.6 is 11.3 Å². The molecule has 2 heterocycles. The van der Waals surface area contributed by atoms with Crippen LogP contribution in [-0.2, 0) is 10.0 Å². The highest BCUT2D eigenvalue weighted by Crippen LogP contribution is 2.29. The first-order valence-electron chi connectivity index (χ1n) is 9.06. The number of carbonyl (C=O) groups excluding carboxylic acids is 1. The van der Waals surface area contributed by atoms with Gasteiger partial charge < -0.3 is 14.4 Å². The molecule has 1 aliphatic heterocycles. The summed E-state index contributed by atoms with van der Waals surface area (Å²) in [6.45, 7) is 1.44. The summed E-state index contributed by atoms with van der Waals surface area (Å²) in [4.78, 5) is 14.5. The molecule has 7 nitrogen and oxygen atoms in total. The van der Waals surface area contributed by atoms with Crippen LogP contribution in [0.5, 0.6) is 11.5 Å². The minimum Gasteiger partial charge on any atom is -0.497 e. The van der Waals surface area contributed by atoms with Crippen LogP contribution in [0, 0.1) is 0 Å². The molecule has 0 saturated carbocycles. The highest BCUT2D eigenvalue weighted by Gasteiger charge is 2.23. The molecule has 1 aromatic carbocycles. The largest absolute Gasteiger partial charge is 0.497 e. The second kappa shape index (κ2) is 8.83. The number of methoxy groups -OCH3 is 2. The lowest BCUT2D eigenvalue weighted by molar-refractivity contribution is 0.0762. The maximum atomic E-state index is 12.8. The van der Waals surface area contributed by atoms with E-state index in [-0.39, 0.29) is 10.1 Å². The van der Waals surface area contributed by atoms with Gasteiger partial charge in [-0.3, -0.25) is 9.52 Å². The van der Waals surface area contributed by atoms with Crippen LogP contribution in [0.1, 0.15) is 36.0 Å². The first-order chi connectivity index (χ1) is 13.4. The van der Waals surface area contributed by atoms with E-state index in [0.29, 0.717) is 22.7 Å². The number of rotatable bonds is 6. The first kappa shape index (κ1) is 20.5. The van der Waals surface area contributed by atoms with Gasteiger partial charge in [-0.05, 0) is 18.9 Å². The van der Waals surface area contributed by atoms with Crippen molar-refractivity contribution in [3.8, 4) is 11.5 Å². The molecule has 1 saturated heterocycles. The number of anilines is 1. The Hall–Kier alpha value is -2.26. The first-order valence-corrected chi connectivity index (χ1v) is 11.4. The zero-order chi connectivity index (χ0) is 20.1. The molecule has 1 fully saturated rings. The number of likely N-dealkylation sites (tertiary alicyclic amines) is 1. The van der Waals surface area contributed by atoms with E-state index < -0.39 is 10.0 Å². The molecule has 9 heteroatoms. The third-order valence-corrected chi connectivity index (χ3v) is 7.41. The molecule has 0 spiro atoms. The van der Waals surface area contributed by atoms with E-state index in [1.165, 1.54) is 20.3 Å². The second-order valence-electron chi connectivity index (χ2n) is 6.57. The minimum atomic E-state index is -3.83. The molecule has 152 valence electrons. The predicted molar refractivity (Wildman–Crippen MR) is 109 cm³/mol. The van der Waals surface area contributed by atoms with Crippen molar-refractivity contribution in [1.82, 2.24) is 4.90 Å². The van der Waals surface area contributed by atoms with Gasteiger partial charge in [0.1, 0.15) is 15.7 Å². The summed E-state index contributed by atoms with van der Waals surface area (Å²) in [7, 11) is -0.841. The van der Waals surface area contributed by atoms with Gasteiger partial charge in [0.25, 0.3) is 15.9 Å². The van der Waals surface area contributed by atoms with Crippen molar-refractivity contribution < 1.29 is 22.7 Å². The Morgan fingerprint density at radius 2 is 1.61 bits per heavy atom. The van der Waals surface area contributed by atoms with Crippen molar-refractivity contribution in [3.05, 3.63) is 35.2 Å². The number of ether oxygens (including phenoxy) is 2. The molecule has 2 aromatic rings. The van der Waals surface area contributed by atoms with Crippen LogP contribution in [0.25, 0.3) is 0 Å². The summed E-state index contributed by atoms with van der Waals surface area (Å²) >= 11 is 1.03. The predicted octanol–water partition coefficient (Wildman–Crippen LogP) is 3.58. The lowest BCUT2D eigenvalue weighted by Gasteiger charge is -2.19. The number of amides is 1. The summed E-state index contributed by atoms with van der Waals surface area (Å²) in [5, 5.41) is 1.61. The molecular formula is C19H24N2O5S2. The van der Waals surface area contributed by atoms with E-state index in [1.54, 1.807) is 23.6 Å². The fourth-order valence-electron chi connectivity index (χ4n) is 3.10. The van der Waals surface area contributed by atoms with E-state index in [1.807, 2.05) is 4.90 Å². The normalized spacial score (nSPS) is 15.0. The molecule has 0 radical (unpaired) electrons. The van der Waals surface area contributed by atoms with Crippen LogP contribution in [0.3, 0.4) is 0 Å². The molecule has 1 aliphatic rings. The fourth-order valence-corrected chi connectivity index (χ4v) is 5.29. The van der Waals surface area contributed by atoms with Gasteiger partial charge in [-0.25, -0.2) is 8.42 Å². The maximum Gasteiger partial charge on any atom is 0.271 e. The molecule has 0 atom stereocenters. The van der Waals surface area contributed by atoms with Gasteiger partial charge in [-0.2, -0.15) is 0 Å². The molecule has 1 aromatic heterocycles. The van der Waals surface area contributed by atoms with Gasteiger partial charge in [0.05, 0.1) is 25.5 Å². The lowest BCUT2D eigenvalue weighted by atomic mass is 10.2. The minimum absolute atomic E-state index is 0.0902. The van der Waals surface area contributed by atoms with Crippen molar-refractivity contribution >= 4 is 33.0 Å². The third kappa shape index (κ3) is 4.77. The van der Waals surface area contributed by atoms with Crippen LogP contribution in [0.4, 0.5) is 5.69 Å². The lowest BCUT2D eigenvalue weighted by Crippen LogP contribution is -2.31. The topological polar surface area (TPSA) is 84.9 Å². The Balaban J connectivity index is 1.79. The maximum absolute atomic E-state index is 12.8. The van der Waals surface area contributed by atoms with Gasteiger partial charge in [-0.15, -0.1) is 11.3 Å². The Bertz CT molecular complexity index is 909. The smallest absolute Gasteiger partial charge is 0.271 e. The third-order valence-electron chi connectivity index (χ3n) is 4.58. The van der Waals surface area contributed by atoms with E-state index >= 15 is 0 Å². The van der Waals surface area contributed by atoms with Gasteiger partial charge in [-0.1, -0.05) is 12.8 Å². The van der Waals surface area contributed by atoms with Crippen LogP contribution in [0.2, 0.25) is 0 Å². The number of sulfonamides is 1. The molecule has 0 unspecified atom stereocenters. The average Bonchev–Trinajstić information content (AvgIpc) is 3.04. The summed E-state index contributed by atoms with van der Waals surface area (Å²) < 4.78 is 38.5. The molecular weight excluding hydrogens is 400 g/mol. The Morgan fingerprint density at radius 3 is 2.18 bits per heavy atom. The number of hydrogen-bond donors (Lipinski definition) is 1. The quantitative estimate of drug-likeness (QED) is 0.766. The van der Waals surface area contributed by atoms with Gasteiger partial charge >= 0.3 is 0 Å². The highest BCUT2D eigenvalue weighted by atomic mass is 32.2. The van der Waals surface area contributed by atoms with Crippen LogP contribution < -0.4 is 14.2 Å². The van der Waals surface area contributed by atoms with Crippen molar-refractivity contribution in [2.75, 3.05) is 32.0 Å². The number of carbonyl (C=O) groups is 1. The summed E-state index contributed by atoms with van der Waals surface area (Å²) in [5.41, 5.74) is 0.737. The summed E-state index contributed by atoms with van der Waals surface area (Å²) in [6, 6.07) is 6.23. The van der Waals surface area contributed by atoms with E-state index in [2.05, 4.69) is 4.72 Å². The number of hydrogen-bond acceptors (Lipinski definition) is 6. The molecule has 3 rings (SSSR count). The van der Waals surface area contributed by atoms with Crippen LogP contribution in [0.15, 0.2) is 33.9 Å². The molecule has 0 bridgehead atoms. The fraction of sp³-hybridized carbons (Fsp3) is 0.421. The monoisotopic (exact) mass is 424 g/mol. The Morgan fingerprint density at radius 1 is 1.00 bits per heavy atom. The van der Waals surface area contributed by atoms with Crippen molar-refractivity contribution in [3.63, 3.8) is 0 Å². The Kier molecular flexibility index (Phi) is 6.46. The average molecular weight is 425 g/mol. The number of nitrogens with zero attached hydrogens (tertiary/aromatic N) is 1. The summed E-state index contributed by atoms with van der Waals surface area (Å²) in [5.74, 6) is 0.836. The molecule has 28 heavy (non-hydrogen) atoms. The number of benzene rings is 1. The van der Waals surface area contributed by atoms with Gasteiger partial charge in [0, 0.05) is 36.7 Å². The second-order valence-corrected chi connectivity index (χ2v) is 9.39. The van der Waals surface area contributed by atoms with E-state index in [0.717, 1.165) is 50.1 Å². The van der Waals surface area contributed by atoms with E-state index in [4.69, 9.17) is 9.47 Å². The van der Waals surface area contributed by atoms with E-state index in [9.17, 15) is 13.2 Å². The SMILES string of the molecule is COc1cc(NS(=O)(=O)c2cc(C(=O)N3CCCCCC3)cs2)cc(OC)c1. The van der Waals surface area contributed by atoms with Crippen LogP contribution in [-0.4, -0.2) is 46.5 Å². The highest BCUT2D eigenvalue weighted by molar-refractivity contribution is 7.94. The standard InChI is InChI=1S/C19H24N2O5S2/c1-25-16-10-15(11-17(12-16)26-2)20-28(23,24)18-9-14(13-27-18)19(22)21-7-5-3-4-6-8-21/h9-13,20H,3-8H2,1-2H3. The van der Waals surface area contributed by atoms with Crippen molar-refractivity contribution in [2.45, 2.75) is 29.9 Å². The molecule has 1 amide bonds. The van der Waals surface area contributed by atoms with Crippen molar-refractivity contribution in [1.29, 1.82) is 0 Å². The van der Waals surface area contributed by atoms with Gasteiger partial charge in [0.15, 0.2) is 0 Å². The zero-order valence-electron chi connectivity index (χ0n) is 15.9. The molecule has 1 N–H and O–H groups in total. The zero-order valence-corrected chi connectivity index (χ0v) is 17.6.